The van der Waals surface area contributed by atoms with Crippen LogP contribution in [0.5, 0.6) is 11.5 Å². The topological polar surface area (TPSA) is 77.7 Å². The normalized spacial score (nSPS) is 15.8. The molecule has 1 aliphatic heterocycles. The molecule has 1 atom stereocenters. The molecule has 0 N–H and O–H groups in total. The fourth-order valence-corrected chi connectivity index (χ4v) is 3.87. The molecular weight excluding hydrogens is 394 g/mol. The van der Waals surface area contributed by atoms with Crippen molar-refractivity contribution in [1.82, 2.24) is 15.0 Å². The molecule has 1 aliphatic rings. The van der Waals surface area contributed by atoms with E-state index in [2.05, 4.69) is 10.1 Å². The molecule has 2 heterocycles. The van der Waals surface area contributed by atoms with E-state index in [4.69, 9.17) is 14.0 Å². The highest BCUT2D eigenvalue weighted by molar-refractivity contribution is 5.76. The maximum Gasteiger partial charge on any atom is 0.257 e. The summed E-state index contributed by atoms with van der Waals surface area (Å²) in [5, 5.41) is 4.13. The smallest absolute Gasteiger partial charge is 0.257 e. The van der Waals surface area contributed by atoms with Crippen LogP contribution in [0.3, 0.4) is 0 Å². The third kappa shape index (κ3) is 5.23. The van der Waals surface area contributed by atoms with E-state index < -0.39 is 0 Å². The molecule has 7 nitrogen and oxygen atoms in total. The van der Waals surface area contributed by atoms with E-state index in [1.54, 1.807) is 14.2 Å². The summed E-state index contributed by atoms with van der Waals surface area (Å²) in [5.41, 5.74) is 2.00. The largest absolute Gasteiger partial charge is 0.497 e. The fourth-order valence-electron chi connectivity index (χ4n) is 3.87. The van der Waals surface area contributed by atoms with Gasteiger partial charge in [0, 0.05) is 31.5 Å². The van der Waals surface area contributed by atoms with Gasteiger partial charge in [-0.1, -0.05) is 17.3 Å². The van der Waals surface area contributed by atoms with Crippen LogP contribution in [0.4, 0.5) is 0 Å². The van der Waals surface area contributed by atoms with Gasteiger partial charge in [-0.25, -0.2) is 0 Å². The average molecular weight is 421 g/mol. The van der Waals surface area contributed by atoms with E-state index in [0.717, 1.165) is 48.6 Å². The molecule has 0 aliphatic carbocycles. The van der Waals surface area contributed by atoms with Crippen molar-refractivity contribution in [2.24, 2.45) is 5.92 Å². The number of carbonyl (C=O) groups excluding carboxylic acids is 1. The quantitative estimate of drug-likeness (QED) is 0.551. The highest BCUT2D eigenvalue weighted by Gasteiger charge is 2.27. The van der Waals surface area contributed by atoms with E-state index in [9.17, 15) is 4.79 Å². The molecule has 1 aromatic heterocycles. The third-order valence-electron chi connectivity index (χ3n) is 5.70. The summed E-state index contributed by atoms with van der Waals surface area (Å²) >= 11 is 0. The van der Waals surface area contributed by atoms with Gasteiger partial charge >= 0.3 is 0 Å². The second-order valence-corrected chi connectivity index (χ2v) is 7.79. The molecule has 0 bridgehead atoms. The van der Waals surface area contributed by atoms with Gasteiger partial charge in [0.25, 0.3) is 5.89 Å². The van der Waals surface area contributed by atoms with Crippen LogP contribution in [0, 0.1) is 5.92 Å². The van der Waals surface area contributed by atoms with Crippen LogP contribution in [0.15, 0.2) is 53.1 Å². The Morgan fingerprint density at radius 3 is 2.42 bits per heavy atom. The number of rotatable bonds is 8. The van der Waals surface area contributed by atoms with Gasteiger partial charge in [0.05, 0.1) is 14.2 Å². The van der Waals surface area contributed by atoms with Crippen molar-refractivity contribution >= 4 is 5.91 Å². The van der Waals surface area contributed by atoms with Gasteiger partial charge in [0.2, 0.25) is 5.91 Å². The SMILES string of the molecule is COc1ccc(CCC(=O)N2CCC(Cc3noc(-c4ccc(OC)cc4)n3)C2)cc1. The van der Waals surface area contributed by atoms with E-state index >= 15 is 0 Å². The van der Waals surface area contributed by atoms with E-state index in [-0.39, 0.29) is 5.91 Å². The number of aryl methyl sites for hydroxylation is 1. The summed E-state index contributed by atoms with van der Waals surface area (Å²) in [7, 11) is 3.28. The first-order valence-electron chi connectivity index (χ1n) is 10.5. The molecule has 1 fully saturated rings. The van der Waals surface area contributed by atoms with Crippen molar-refractivity contribution in [2.75, 3.05) is 27.3 Å². The molecule has 4 rings (SSSR count). The van der Waals surface area contributed by atoms with E-state index in [1.165, 1.54) is 0 Å². The van der Waals surface area contributed by atoms with Crippen LogP contribution in [-0.2, 0) is 17.6 Å². The van der Waals surface area contributed by atoms with Crippen molar-refractivity contribution in [1.29, 1.82) is 0 Å². The molecule has 1 amide bonds. The molecule has 0 saturated carbocycles. The Hall–Kier alpha value is -3.35. The van der Waals surface area contributed by atoms with Gasteiger partial charge in [-0.15, -0.1) is 0 Å². The monoisotopic (exact) mass is 421 g/mol. The summed E-state index contributed by atoms with van der Waals surface area (Å²) in [4.78, 5) is 19.1. The second-order valence-electron chi connectivity index (χ2n) is 7.79. The second kappa shape index (κ2) is 9.64. The molecule has 7 heteroatoms. The number of methoxy groups -OCH3 is 2. The van der Waals surface area contributed by atoms with Crippen molar-refractivity contribution < 1.29 is 18.8 Å². The van der Waals surface area contributed by atoms with Gasteiger partial charge in [0.15, 0.2) is 5.82 Å². The number of carbonyl (C=O) groups is 1. The highest BCUT2D eigenvalue weighted by Crippen LogP contribution is 2.24. The van der Waals surface area contributed by atoms with Crippen LogP contribution in [0.25, 0.3) is 11.5 Å². The molecule has 31 heavy (non-hydrogen) atoms. The lowest BCUT2D eigenvalue weighted by Gasteiger charge is -2.16. The lowest BCUT2D eigenvalue weighted by Crippen LogP contribution is -2.29. The number of aromatic nitrogens is 2. The Kier molecular flexibility index (Phi) is 6.50. The molecule has 1 saturated heterocycles. The Balaban J connectivity index is 1.26. The molecule has 162 valence electrons. The predicted octanol–water partition coefficient (Wildman–Crippen LogP) is 3.78. The van der Waals surface area contributed by atoms with Crippen LogP contribution in [0.1, 0.15) is 24.2 Å². The van der Waals surface area contributed by atoms with Gasteiger partial charge in [-0.3, -0.25) is 4.79 Å². The van der Waals surface area contributed by atoms with Gasteiger partial charge < -0.3 is 18.9 Å². The highest BCUT2D eigenvalue weighted by atomic mass is 16.5. The van der Waals surface area contributed by atoms with Crippen molar-refractivity contribution in [3.63, 3.8) is 0 Å². The Morgan fingerprint density at radius 1 is 1.06 bits per heavy atom. The number of nitrogens with zero attached hydrogens (tertiary/aromatic N) is 3. The Morgan fingerprint density at radius 2 is 1.74 bits per heavy atom. The molecule has 0 radical (unpaired) electrons. The summed E-state index contributed by atoms with van der Waals surface area (Å²) < 4.78 is 15.8. The zero-order chi connectivity index (χ0) is 21.6. The molecule has 0 spiro atoms. The maximum absolute atomic E-state index is 12.6. The summed E-state index contributed by atoms with van der Waals surface area (Å²) in [6.45, 7) is 1.53. The minimum Gasteiger partial charge on any atom is -0.497 e. The Bertz CT molecular complexity index is 998. The van der Waals surface area contributed by atoms with Crippen LogP contribution in [0.2, 0.25) is 0 Å². The zero-order valence-corrected chi connectivity index (χ0v) is 17.9. The summed E-state index contributed by atoms with van der Waals surface area (Å²) in [6.07, 6.45) is 2.92. The average Bonchev–Trinajstić information content (AvgIpc) is 3.48. The van der Waals surface area contributed by atoms with Crippen molar-refractivity contribution in [2.45, 2.75) is 25.7 Å². The number of likely N-dealkylation sites (tertiary alicyclic amines) is 1. The first-order chi connectivity index (χ1) is 15.1. The zero-order valence-electron chi connectivity index (χ0n) is 17.9. The van der Waals surface area contributed by atoms with Gasteiger partial charge in [-0.05, 0) is 60.7 Å². The maximum atomic E-state index is 12.6. The minimum absolute atomic E-state index is 0.199. The van der Waals surface area contributed by atoms with Gasteiger partial charge in [-0.2, -0.15) is 4.98 Å². The van der Waals surface area contributed by atoms with Crippen LogP contribution in [-0.4, -0.2) is 48.3 Å². The molecule has 3 aromatic rings. The number of hydrogen-bond donors (Lipinski definition) is 0. The molecule has 1 unspecified atom stereocenters. The minimum atomic E-state index is 0.199. The predicted molar refractivity (Wildman–Crippen MR) is 116 cm³/mol. The van der Waals surface area contributed by atoms with E-state index in [1.807, 2.05) is 53.4 Å². The lowest BCUT2D eigenvalue weighted by molar-refractivity contribution is -0.130. The van der Waals surface area contributed by atoms with E-state index in [0.29, 0.717) is 30.5 Å². The number of ether oxygens (including phenoxy) is 2. The molecular formula is C24H27N3O4. The summed E-state index contributed by atoms with van der Waals surface area (Å²) in [6, 6.07) is 15.4. The van der Waals surface area contributed by atoms with Crippen LogP contribution >= 0.6 is 0 Å². The van der Waals surface area contributed by atoms with Crippen LogP contribution < -0.4 is 9.47 Å². The van der Waals surface area contributed by atoms with Gasteiger partial charge in [0.1, 0.15) is 11.5 Å². The first-order valence-corrected chi connectivity index (χ1v) is 10.5. The number of amides is 1. The third-order valence-corrected chi connectivity index (χ3v) is 5.70. The summed E-state index contributed by atoms with van der Waals surface area (Å²) in [5.74, 6) is 3.35. The van der Waals surface area contributed by atoms with Crippen molar-refractivity contribution in [3.8, 4) is 23.0 Å². The first kappa shape index (κ1) is 20.9. The molecule has 2 aromatic carbocycles. The standard InChI is InChI=1S/C24H27N3O4/c1-29-20-8-3-17(4-9-20)5-12-23(28)27-14-13-18(16-27)15-22-25-24(31-26-22)19-6-10-21(30-2)11-7-19/h3-4,6-11,18H,5,12-16H2,1-2H3. The number of hydrogen-bond acceptors (Lipinski definition) is 6. The number of benzene rings is 2. The van der Waals surface area contributed by atoms with Crippen molar-refractivity contribution in [3.05, 3.63) is 59.9 Å². The Labute approximate surface area is 182 Å². The lowest BCUT2D eigenvalue weighted by atomic mass is 10.0. The fraction of sp³-hybridized carbons (Fsp3) is 0.375.